The van der Waals surface area contributed by atoms with Gasteiger partial charge in [0.25, 0.3) is 17.7 Å². The monoisotopic (exact) mass is 862 g/mol. The van der Waals surface area contributed by atoms with Gasteiger partial charge >= 0.3 is 5.97 Å². The van der Waals surface area contributed by atoms with Crippen LogP contribution in [0, 0.1) is 37.5 Å². The number of esters is 1. The van der Waals surface area contributed by atoms with E-state index in [0.29, 0.717) is 52.5 Å². The van der Waals surface area contributed by atoms with Crippen molar-refractivity contribution in [2.24, 2.45) is 5.73 Å². The van der Waals surface area contributed by atoms with Crippen LogP contribution in [0.15, 0.2) is 97.3 Å². The van der Waals surface area contributed by atoms with Crippen LogP contribution in [0.4, 0.5) is 0 Å². The van der Waals surface area contributed by atoms with Gasteiger partial charge in [-0.3, -0.25) is 14.4 Å². The Hall–Kier alpha value is -7.96. The fourth-order valence-electron chi connectivity index (χ4n) is 6.99. The zero-order valence-electron chi connectivity index (χ0n) is 35.9. The molecule has 2 saturated heterocycles. The van der Waals surface area contributed by atoms with E-state index in [0.717, 1.165) is 17.0 Å². The average molecular weight is 863 g/mol. The number of aryl methyl sites for hydroxylation is 2. The van der Waals surface area contributed by atoms with Crippen LogP contribution in [-0.4, -0.2) is 119 Å². The highest BCUT2D eigenvalue weighted by molar-refractivity contribution is 5.93. The number of nitrogens with zero attached hydrogens (tertiary/aromatic N) is 8. The summed E-state index contributed by atoms with van der Waals surface area (Å²) in [5.74, 6) is 9.23. The molecule has 2 aliphatic heterocycles. The summed E-state index contributed by atoms with van der Waals surface area (Å²) in [7, 11) is 4.58. The van der Waals surface area contributed by atoms with Gasteiger partial charge in [0.15, 0.2) is 5.69 Å². The number of hydrogen-bond donors (Lipinski definition) is 4. The molecule has 0 bridgehead atoms. The predicted octanol–water partition coefficient (Wildman–Crippen LogP) is 3.42. The molecule has 6 aromatic rings. The predicted molar refractivity (Wildman–Crippen MR) is 236 cm³/mol. The number of nitrogens with two attached hydrogens (primary N) is 1. The normalized spacial score (nSPS) is 17.6. The third-order valence-corrected chi connectivity index (χ3v) is 10.6. The number of likely N-dealkylation sites (N-methyl/N-ethyl adjacent to an activating group) is 2. The van der Waals surface area contributed by atoms with Gasteiger partial charge in [-0.2, -0.15) is 10.2 Å². The second-order valence-corrected chi connectivity index (χ2v) is 15.2. The molecule has 4 aromatic heterocycles. The van der Waals surface area contributed by atoms with Crippen molar-refractivity contribution in [1.29, 1.82) is 0 Å². The fourth-order valence-corrected chi connectivity index (χ4v) is 6.99. The Labute approximate surface area is 369 Å². The molecule has 0 radical (unpaired) electrons. The van der Waals surface area contributed by atoms with Gasteiger partial charge in [0, 0.05) is 86.1 Å². The quantitative estimate of drug-likeness (QED) is 0.139. The summed E-state index contributed by atoms with van der Waals surface area (Å²) in [5.41, 5.74) is 9.27. The molecule has 0 aliphatic carbocycles. The van der Waals surface area contributed by atoms with Crippen molar-refractivity contribution in [3.05, 3.63) is 131 Å². The number of methoxy groups -OCH3 is 1. The summed E-state index contributed by atoms with van der Waals surface area (Å²) in [6.07, 6.45) is 3.88. The summed E-state index contributed by atoms with van der Waals surface area (Å²) in [6.45, 7) is 4.74. The maximum absolute atomic E-state index is 12.2. The van der Waals surface area contributed by atoms with E-state index in [9.17, 15) is 29.4 Å². The minimum Gasteiger partial charge on any atom is -0.464 e. The zero-order valence-corrected chi connectivity index (χ0v) is 35.9. The number of likely N-dealkylation sites (tertiary alicyclic amines) is 2. The SMILES string of the molecule is COC(=O)c1cc(-n2nccc2C)cc(-c2cccc(C#C[C@]3(O)CCN(C)C3=O)c2)n1.Cc1ccnn1-c1cc(C(N)=O)nc(-c2cccc(C#C[C@]3(O)CCN(C)C3=O)c2)c1.N. The first-order chi connectivity index (χ1) is 30.1. The van der Waals surface area contributed by atoms with E-state index in [1.54, 1.807) is 84.4 Å². The van der Waals surface area contributed by atoms with Gasteiger partial charge in [0.1, 0.15) is 5.69 Å². The van der Waals surface area contributed by atoms with Crippen molar-refractivity contribution >= 4 is 23.7 Å². The number of benzene rings is 2. The smallest absolute Gasteiger partial charge is 0.356 e. The number of ether oxygens (including phenoxy) is 1. The van der Waals surface area contributed by atoms with Crippen LogP contribution in [0.25, 0.3) is 33.9 Å². The van der Waals surface area contributed by atoms with E-state index in [2.05, 4.69) is 43.8 Å². The summed E-state index contributed by atoms with van der Waals surface area (Å²) in [4.78, 5) is 60.1. The Morgan fingerprint density at radius 2 is 1.12 bits per heavy atom. The van der Waals surface area contributed by atoms with E-state index in [-0.39, 0.29) is 30.4 Å². The minimum absolute atomic E-state index is 0. The Balaban J connectivity index is 0.000000209. The minimum atomic E-state index is -1.67. The third kappa shape index (κ3) is 9.57. The number of pyridine rings is 2. The largest absolute Gasteiger partial charge is 0.464 e. The molecule has 6 heterocycles. The first-order valence-electron chi connectivity index (χ1n) is 19.7. The van der Waals surface area contributed by atoms with E-state index >= 15 is 0 Å². The van der Waals surface area contributed by atoms with Gasteiger partial charge in [-0.1, -0.05) is 47.9 Å². The second kappa shape index (κ2) is 18.6. The molecule has 64 heavy (non-hydrogen) atoms. The van der Waals surface area contributed by atoms with Crippen molar-refractivity contribution < 1.29 is 34.1 Å². The summed E-state index contributed by atoms with van der Waals surface area (Å²) < 4.78 is 8.26. The number of rotatable bonds is 6. The van der Waals surface area contributed by atoms with Crippen molar-refractivity contribution in [2.45, 2.75) is 37.9 Å². The van der Waals surface area contributed by atoms with Gasteiger partial charge in [0.2, 0.25) is 11.2 Å². The summed E-state index contributed by atoms with van der Waals surface area (Å²) >= 11 is 0. The van der Waals surface area contributed by atoms with Crippen LogP contribution < -0.4 is 11.9 Å². The second-order valence-electron chi connectivity index (χ2n) is 15.2. The highest BCUT2D eigenvalue weighted by Crippen LogP contribution is 2.27. The number of aromatic nitrogens is 6. The molecule has 0 saturated carbocycles. The number of carbonyl (C=O) groups is 4. The number of carbonyl (C=O) groups excluding carboxylic acids is 4. The van der Waals surface area contributed by atoms with Gasteiger partial charge in [-0.15, -0.1) is 0 Å². The Kier molecular flexibility index (Phi) is 13.2. The van der Waals surface area contributed by atoms with Crippen molar-refractivity contribution in [1.82, 2.24) is 45.5 Å². The molecule has 8 rings (SSSR count). The van der Waals surface area contributed by atoms with Crippen molar-refractivity contribution in [2.75, 3.05) is 34.3 Å². The van der Waals surface area contributed by atoms with Gasteiger partial charge in [-0.25, -0.2) is 24.1 Å². The Morgan fingerprint density at radius 1 is 0.688 bits per heavy atom. The molecule has 326 valence electrons. The number of aliphatic hydroxyl groups is 2. The van der Waals surface area contributed by atoms with Crippen LogP contribution >= 0.6 is 0 Å². The highest BCUT2D eigenvalue weighted by atomic mass is 16.5. The standard InChI is InChI=1S/C24H22N4O4.C23H21N5O3.H3N/c1-16-8-11-25-28(16)19-14-20(26-21(15-19)22(29)32-3)18-6-4-5-17(13-18)7-9-24(31)10-12-27(2)23(24)30;1-15-7-10-25-28(15)18-13-19(26-20(14-18)21(24)29)17-5-3-4-16(12-17)6-8-23(31)9-11-27(2)22(23)30;/h4-6,8,11,13-15,31H,10,12H2,1-3H3;3-5,7,10,12-14,31H,9,11H2,1-2H3,(H2,24,29);1H3/t24-;23-;/m00./s1. The van der Waals surface area contributed by atoms with E-state index in [4.69, 9.17) is 10.5 Å². The van der Waals surface area contributed by atoms with E-state index in [1.807, 2.05) is 50.2 Å². The maximum Gasteiger partial charge on any atom is 0.356 e. The molecule has 0 unspecified atom stereocenters. The summed E-state index contributed by atoms with van der Waals surface area (Å²) in [6, 6.07) is 25.0. The molecule has 17 nitrogen and oxygen atoms in total. The van der Waals surface area contributed by atoms with Crippen molar-refractivity contribution in [3.63, 3.8) is 0 Å². The van der Waals surface area contributed by atoms with Gasteiger partial charge in [0.05, 0.1) is 29.9 Å². The molecule has 2 atom stereocenters. The lowest BCUT2D eigenvalue weighted by Gasteiger charge is -2.13. The molecule has 2 aromatic carbocycles. The molecular weight excluding hydrogens is 817 g/mol. The fraction of sp³-hybridized carbons (Fsp3) is 0.234. The van der Waals surface area contributed by atoms with Crippen molar-refractivity contribution in [3.8, 4) is 57.6 Å². The lowest BCUT2D eigenvalue weighted by Crippen LogP contribution is -2.37. The van der Waals surface area contributed by atoms with Crippen LogP contribution in [-0.2, 0) is 14.3 Å². The van der Waals surface area contributed by atoms with Crippen LogP contribution in [0.2, 0.25) is 0 Å². The van der Waals surface area contributed by atoms with Crippen LogP contribution in [0.5, 0.6) is 0 Å². The highest BCUT2D eigenvalue weighted by Gasteiger charge is 2.43. The molecule has 2 fully saturated rings. The van der Waals surface area contributed by atoms with Gasteiger partial charge < -0.3 is 36.6 Å². The molecule has 3 amide bonds. The Morgan fingerprint density at radius 3 is 1.50 bits per heavy atom. The van der Waals surface area contributed by atoms with E-state index in [1.165, 1.54) is 16.9 Å². The summed E-state index contributed by atoms with van der Waals surface area (Å²) in [5, 5.41) is 29.6. The Bertz CT molecular complexity index is 2920. The molecular formula is C47H46N10O7. The van der Waals surface area contributed by atoms with E-state index < -0.39 is 34.9 Å². The average Bonchev–Trinajstić information content (AvgIpc) is 4.06. The van der Waals surface area contributed by atoms with Gasteiger partial charge in [-0.05, 0) is 74.5 Å². The molecule has 17 heteroatoms. The number of hydrogen-bond acceptors (Lipinski definition) is 12. The lowest BCUT2D eigenvalue weighted by atomic mass is 10.0. The molecule has 2 aliphatic rings. The maximum atomic E-state index is 12.2. The van der Waals surface area contributed by atoms with Crippen LogP contribution in [0.3, 0.4) is 0 Å². The van der Waals surface area contributed by atoms with Crippen LogP contribution in [0.1, 0.15) is 56.3 Å². The first-order valence-corrected chi connectivity index (χ1v) is 19.7. The third-order valence-electron chi connectivity index (χ3n) is 10.6. The molecule has 7 N–H and O–H groups in total. The number of amides is 3. The lowest BCUT2D eigenvalue weighted by molar-refractivity contribution is -0.138. The topological polar surface area (TPSA) is 247 Å². The first kappa shape index (κ1) is 45.6. The zero-order chi connectivity index (χ0) is 45.1. The molecule has 0 spiro atoms. The number of primary amides is 1.